The molecule has 222 valence electrons. The van der Waals surface area contributed by atoms with Crippen LogP contribution >= 0.6 is 0 Å². The average Bonchev–Trinajstić information content (AvgIpc) is 2.98. The highest BCUT2D eigenvalue weighted by Gasteiger charge is 2.45. The largest absolute Gasteiger partial charge is 0.493 e. The molecule has 7 N–H and O–H groups in total. The quantitative estimate of drug-likeness (QED) is 0.161. The van der Waals surface area contributed by atoms with Crippen LogP contribution in [-0.2, 0) is 4.74 Å². The summed E-state index contributed by atoms with van der Waals surface area (Å²) in [6.45, 7) is -1.34. The van der Waals surface area contributed by atoms with Gasteiger partial charge in [-0.3, -0.25) is 0 Å². The Morgan fingerprint density at radius 2 is 1.50 bits per heavy atom. The fourth-order valence-electron chi connectivity index (χ4n) is 4.12. The molecule has 7 atom stereocenters. The smallest absolute Gasteiger partial charge is 0.229 e. The predicted octanol–water partition coefficient (Wildman–Crippen LogP) is -0.630. The summed E-state index contributed by atoms with van der Waals surface area (Å²) in [6.07, 6.45) is -6.90. The monoisotopic (exact) mass is 568 g/mol. The molecule has 3 rings (SSSR count). The van der Waals surface area contributed by atoms with Crippen molar-refractivity contribution in [3.05, 3.63) is 47.5 Å². The summed E-state index contributed by atoms with van der Waals surface area (Å²) in [7, 11) is 4.08. The number of benzene rings is 2. The number of hydrogen-bond acceptors (Lipinski definition) is 13. The lowest BCUT2D eigenvalue weighted by molar-refractivity contribution is -0.277. The maximum absolute atomic E-state index is 11.1. The van der Waals surface area contributed by atoms with E-state index in [-0.39, 0.29) is 35.2 Å². The lowest BCUT2D eigenvalue weighted by atomic mass is 9.99. The van der Waals surface area contributed by atoms with Crippen molar-refractivity contribution >= 4 is 6.08 Å². The zero-order valence-electron chi connectivity index (χ0n) is 22.3. The van der Waals surface area contributed by atoms with Gasteiger partial charge < -0.3 is 64.2 Å². The van der Waals surface area contributed by atoms with E-state index >= 15 is 0 Å². The molecule has 13 nitrogen and oxygen atoms in total. The van der Waals surface area contributed by atoms with Gasteiger partial charge >= 0.3 is 0 Å². The van der Waals surface area contributed by atoms with Crippen LogP contribution in [-0.4, -0.2) is 114 Å². The van der Waals surface area contributed by atoms with Gasteiger partial charge in [-0.05, 0) is 35.4 Å². The Kier molecular flexibility index (Phi) is 11.4. The van der Waals surface area contributed by atoms with E-state index in [0.717, 1.165) is 5.56 Å². The lowest BCUT2D eigenvalue weighted by Gasteiger charge is -2.39. The molecule has 2 aromatic carbocycles. The topological polar surface area (TPSA) is 197 Å². The minimum Gasteiger partial charge on any atom is -0.493 e. The standard InChI is InChI=1S/C27H36O13/c1-35-17-9-14(5-4-8-28)6-7-16(17)38-20(12-29)22(31)15-10-18(36-2)26(19(11-15)37-3)40-27-25(34)24(33)23(32)21(13-30)39-27/h4-7,9-11,20-25,27-34H,8,12-13H2,1-3H3. The van der Waals surface area contributed by atoms with Gasteiger partial charge in [0.1, 0.15) is 30.5 Å². The van der Waals surface area contributed by atoms with Gasteiger partial charge in [0, 0.05) is 0 Å². The molecule has 13 heteroatoms. The van der Waals surface area contributed by atoms with E-state index in [9.17, 15) is 30.6 Å². The summed E-state index contributed by atoms with van der Waals surface area (Å²) in [5.74, 6) is 0.617. The van der Waals surface area contributed by atoms with Crippen molar-refractivity contribution in [3.63, 3.8) is 0 Å². The molecule has 1 fully saturated rings. The molecule has 1 saturated heterocycles. The molecule has 0 saturated carbocycles. The average molecular weight is 569 g/mol. The molecular weight excluding hydrogens is 532 g/mol. The predicted molar refractivity (Wildman–Crippen MR) is 140 cm³/mol. The SMILES string of the molecule is COc1cc(C=CCO)ccc1OC(CO)C(O)c1cc(OC)c(OC2OC(CO)C(O)C(O)C2O)c(OC)c1. The first kappa shape index (κ1) is 31.4. The Balaban J connectivity index is 1.88. The van der Waals surface area contributed by atoms with Gasteiger partial charge in [-0.2, -0.15) is 0 Å². The van der Waals surface area contributed by atoms with Gasteiger partial charge in [0.15, 0.2) is 29.1 Å². The molecule has 0 radical (unpaired) electrons. The normalized spacial score (nSPS) is 24.4. The lowest BCUT2D eigenvalue weighted by Crippen LogP contribution is -2.60. The molecule has 0 spiro atoms. The molecule has 0 aromatic heterocycles. The molecule has 1 heterocycles. The molecule has 40 heavy (non-hydrogen) atoms. The fraction of sp³-hybridized carbons (Fsp3) is 0.481. The van der Waals surface area contributed by atoms with Gasteiger partial charge in [0.05, 0.1) is 41.2 Å². The van der Waals surface area contributed by atoms with E-state index in [1.54, 1.807) is 30.4 Å². The van der Waals surface area contributed by atoms with E-state index in [1.807, 2.05) is 0 Å². The molecule has 2 aromatic rings. The molecule has 0 bridgehead atoms. The minimum atomic E-state index is -1.68. The van der Waals surface area contributed by atoms with E-state index in [2.05, 4.69) is 0 Å². The van der Waals surface area contributed by atoms with E-state index in [4.69, 9.17) is 33.5 Å². The third kappa shape index (κ3) is 6.95. The van der Waals surface area contributed by atoms with Crippen molar-refractivity contribution in [2.45, 2.75) is 42.9 Å². The van der Waals surface area contributed by atoms with Crippen LogP contribution in [0, 0.1) is 0 Å². The number of methoxy groups -OCH3 is 3. The number of ether oxygens (including phenoxy) is 6. The summed E-state index contributed by atoms with van der Waals surface area (Å²) in [4.78, 5) is 0. The molecule has 0 amide bonds. The van der Waals surface area contributed by atoms with Crippen molar-refractivity contribution in [1.82, 2.24) is 0 Å². The second-order valence-corrected chi connectivity index (χ2v) is 8.85. The summed E-state index contributed by atoms with van der Waals surface area (Å²) in [5, 5.41) is 70.1. The van der Waals surface area contributed by atoms with Crippen LogP contribution in [0.3, 0.4) is 0 Å². The van der Waals surface area contributed by atoms with Crippen molar-refractivity contribution < 1.29 is 64.2 Å². The number of aliphatic hydroxyl groups excluding tert-OH is 7. The van der Waals surface area contributed by atoms with Crippen LogP contribution in [0.15, 0.2) is 36.4 Å². The Labute approximate surface area is 231 Å². The zero-order chi connectivity index (χ0) is 29.4. The number of hydrogen-bond donors (Lipinski definition) is 7. The van der Waals surface area contributed by atoms with Crippen LogP contribution in [0.2, 0.25) is 0 Å². The Morgan fingerprint density at radius 1 is 0.850 bits per heavy atom. The van der Waals surface area contributed by atoms with Crippen molar-refractivity contribution in [3.8, 4) is 28.7 Å². The number of rotatable bonds is 13. The first-order valence-electron chi connectivity index (χ1n) is 12.4. The minimum absolute atomic E-state index is 0.0413. The second-order valence-electron chi connectivity index (χ2n) is 8.85. The van der Waals surface area contributed by atoms with Crippen LogP contribution in [0.5, 0.6) is 28.7 Å². The Morgan fingerprint density at radius 3 is 2.05 bits per heavy atom. The van der Waals surface area contributed by atoms with Crippen molar-refractivity contribution in [2.75, 3.05) is 41.2 Å². The van der Waals surface area contributed by atoms with Crippen molar-refractivity contribution in [1.29, 1.82) is 0 Å². The molecule has 0 aliphatic carbocycles. The van der Waals surface area contributed by atoms with Crippen LogP contribution in [0.25, 0.3) is 6.08 Å². The maximum atomic E-state index is 11.1. The Bertz CT molecular complexity index is 1100. The summed E-state index contributed by atoms with van der Waals surface area (Å²) in [6, 6.07) is 7.78. The summed E-state index contributed by atoms with van der Waals surface area (Å²) in [5.41, 5.74) is 0.958. The molecule has 7 unspecified atom stereocenters. The van der Waals surface area contributed by atoms with Crippen molar-refractivity contribution in [2.24, 2.45) is 0 Å². The van der Waals surface area contributed by atoms with Crippen LogP contribution < -0.4 is 23.7 Å². The van der Waals surface area contributed by atoms with Gasteiger partial charge in [0.2, 0.25) is 12.0 Å². The van der Waals surface area contributed by atoms with Crippen LogP contribution in [0.1, 0.15) is 17.2 Å². The van der Waals surface area contributed by atoms with E-state index in [1.165, 1.54) is 33.5 Å². The fourth-order valence-corrected chi connectivity index (χ4v) is 4.12. The van der Waals surface area contributed by atoms with Gasteiger partial charge in [-0.1, -0.05) is 18.2 Å². The first-order chi connectivity index (χ1) is 19.2. The summed E-state index contributed by atoms with van der Waals surface area (Å²) < 4.78 is 33.2. The third-order valence-electron chi connectivity index (χ3n) is 6.32. The van der Waals surface area contributed by atoms with Gasteiger partial charge in [-0.25, -0.2) is 0 Å². The molecule has 1 aliphatic rings. The Hall–Kier alpha value is -3.14. The van der Waals surface area contributed by atoms with E-state index < -0.39 is 56.1 Å². The molecule has 1 aliphatic heterocycles. The third-order valence-corrected chi connectivity index (χ3v) is 6.32. The number of aliphatic hydroxyl groups is 7. The molecular formula is C27H36O13. The van der Waals surface area contributed by atoms with Gasteiger partial charge in [-0.15, -0.1) is 0 Å². The zero-order valence-corrected chi connectivity index (χ0v) is 22.3. The maximum Gasteiger partial charge on any atom is 0.229 e. The van der Waals surface area contributed by atoms with E-state index in [0.29, 0.717) is 5.75 Å². The second kappa shape index (κ2) is 14.5. The highest BCUT2D eigenvalue weighted by Crippen LogP contribution is 2.42. The first-order valence-corrected chi connectivity index (χ1v) is 12.4. The highest BCUT2D eigenvalue weighted by atomic mass is 16.7. The summed E-state index contributed by atoms with van der Waals surface area (Å²) >= 11 is 0. The van der Waals surface area contributed by atoms with Gasteiger partial charge in [0.25, 0.3) is 0 Å². The van der Waals surface area contributed by atoms with Crippen LogP contribution in [0.4, 0.5) is 0 Å². The highest BCUT2D eigenvalue weighted by molar-refractivity contribution is 5.56.